The Labute approximate surface area is 174 Å². The second-order valence-electron chi connectivity index (χ2n) is 8.72. The highest BCUT2D eigenvalue weighted by atomic mass is 32.1. The number of esters is 1. The van der Waals surface area contributed by atoms with Crippen molar-refractivity contribution >= 4 is 28.2 Å². The van der Waals surface area contributed by atoms with Crippen LogP contribution in [-0.2, 0) is 27.9 Å². The van der Waals surface area contributed by atoms with Gasteiger partial charge in [0.25, 0.3) is 0 Å². The van der Waals surface area contributed by atoms with Gasteiger partial charge in [-0.25, -0.2) is 9.18 Å². The van der Waals surface area contributed by atoms with E-state index in [1.54, 1.807) is 19.1 Å². The van der Waals surface area contributed by atoms with Gasteiger partial charge in [0.15, 0.2) is 0 Å². The zero-order chi connectivity index (χ0) is 21.4. The lowest BCUT2D eigenvalue weighted by atomic mass is 9.81. The molecule has 1 aromatic heterocycles. The molecule has 1 aliphatic heterocycles. The van der Waals surface area contributed by atoms with E-state index in [0.29, 0.717) is 22.5 Å². The van der Waals surface area contributed by atoms with Crippen molar-refractivity contribution in [2.75, 3.05) is 11.9 Å². The smallest absolute Gasteiger partial charge is 0.341 e. The van der Waals surface area contributed by atoms with Crippen molar-refractivity contribution in [1.82, 2.24) is 0 Å². The number of fused-ring (bicyclic) bond motifs is 1. The second-order valence-corrected chi connectivity index (χ2v) is 9.74. The van der Waals surface area contributed by atoms with Crippen LogP contribution in [0.2, 0.25) is 0 Å². The molecule has 3 N–H and O–H groups in total. The van der Waals surface area contributed by atoms with E-state index in [9.17, 15) is 14.0 Å². The lowest BCUT2D eigenvalue weighted by molar-refractivity contribution is -0.789. The summed E-state index contributed by atoms with van der Waals surface area (Å²) in [6.07, 6.45) is 0.816. The van der Waals surface area contributed by atoms with Crippen LogP contribution in [0, 0.1) is 5.82 Å². The zero-order valence-corrected chi connectivity index (χ0v) is 18.3. The summed E-state index contributed by atoms with van der Waals surface area (Å²) in [6, 6.07) is 5.83. The van der Waals surface area contributed by atoms with Gasteiger partial charge >= 0.3 is 5.97 Å². The van der Waals surface area contributed by atoms with Crippen LogP contribution in [0.5, 0.6) is 0 Å². The number of anilines is 1. The molecular formula is C22H28FN2O3S+. The molecule has 0 unspecified atom stereocenters. The number of hydrogen-bond donors (Lipinski definition) is 2. The van der Waals surface area contributed by atoms with Gasteiger partial charge in [-0.15, -0.1) is 11.3 Å². The Kier molecular flexibility index (Phi) is 5.83. The number of nitrogens with one attached hydrogen (secondary N) is 1. The molecule has 1 aromatic carbocycles. The Morgan fingerprint density at radius 1 is 1.21 bits per heavy atom. The number of halogens is 1. The van der Waals surface area contributed by atoms with Gasteiger partial charge in [-0.05, 0) is 57.9 Å². The van der Waals surface area contributed by atoms with E-state index in [4.69, 9.17) is 4.74 Å². The molecule has 7 heteroatoms. The quantitative estimate of drug-likeness (QED) is 0.730. The topological polar surface area (TPSA) is 72.0 Å². The molecule has 1 amide bonds. The van der Waals surface area contributed by atoms with Gasteiger partial charge < -0.3 is 15.4 Å². The fraction of sp³-hybridized carbons (Fsp3) is 0.455. The van der Waals surface area contributed by atoms with Crippen molar-refractivity contribution in [2.45, 2.75) is 58.5 Å². The SMILES string of the molecule is CCOC(=O)c1c(NC(=O)Cc2ccc(F)cc2)sc2c1CC(C)(C)[NH2+]C2(C)C. The molecule has 2 heterocycles. The van der Waals surface area contributed by atoms with E-state index in [1.165, 1.54) is 23.5 Å². The summed E-state index contributed by atoms with van der Waals surface area (Å²) >= 11 is 1.44. The van der Waals surface area contributed by atoms with Crippen molar-refractivity contribution in [3.05, 3.63) is 51.7 Å². The Morgan fingerprint density at radius 3 is 2.48 bits per heavy atom. The fourth-order valence-electron chi connectivity index (χ4n) is 4.17. The molecule has 3 rings (SSSR count). The van der Waals surface area contributed by atoms with Crippen molar-refractivity contribution in [3.8, 4) is 0 Å². The molecule has 0 saturated heterocycles. The van der Waals surface area contributed by atoms with Gasteiger partial charge in [-0.1, -0.05) is 12.1 Å². The highest BCUT2D eigenvalue weighted by Gasteiger charge is 2.45. The highest BCUT2D eigenvalue weighted by Crippen LogP contribution is 2.42. The van der Waals surface area contributed by atoms with Gasteiger partial charge in [-0.3, -0.25) is 4.79 Å². The first-order chi connectivity index (χ1) is 13.5. The molecule has 0 atom stereocenters. The molecule has 2 aromatic rings. The Bertz CT molecular complexity index is 932. The maximum absolute atomic E-state index is 13.1. The third-order valence-electron chi connectivity index (χ3n) is 4.99. The number of benzene rings is 1. The molecule has 0 saturated carbocycles. The maximum atomic E-state index is 13.1. The molecule has 1 aliphatic rings. The Hall–Kier alpha value is -2.25. The minimum atomic E-state index is -0.407. The van der Waals surface area contributed by atoms with Crippen molar-refractivity contribution in [3.63, 3.8) is 0 Å². The predicted molar refractivity (Wildman–Crippen MR) is 112 cm³/mol. The van der Waals surface area contributed by atoms with E-state index in [0.717, 1.165) is 10.4 Å². The number of nitrogens with two attached hydrogens (primary N) is 1. The lowest BCUT2D eigenvalue weighted by Crippen LogP contribution is -3.03. The Balaban J connectivity index is 1.95. The second kappa shape index (κ2) is 7.88. The normalized spacial score (nSPS) is 16.8. The van der Waals surface area contributed by atoms with Gasteiger partial charge in [-0.2, -0.15) is 0 Å². The van der Waals surface area contributed by atoms with Crippen molar-refractivity contribution in [1.29, 1.82) is 0 Å². The number of thiophene rings is 1. The van der Waals surface area contributed by atoms with E-state index in [-0.39, 0.29) is 35.8 Å². The monoisotopic (exact) mass is 419 g/mol. The number of rotatable bonds is 5. The summed E-state index contributed by atoms with van der Waals surface area (Å²) in [7, 11) is 0. The van der Waals surface area contributed by atoms with Gasteiger partial charge in [0.05, 0.1) is 29.0 Å². The summed E-state index contributed by atoms with van der Waals surface area (Å²) in [4.78, 5) is 26.5. The maximum Gasteiger partial charge on any atom is 0.341 e. The van der Waals surface area contributed by atoms with E-state index in [1.807, 2.05) is 0 Å². The number of hydrogen-bond acceptors (Lipinski definition) is 4. The summed E-state index contributed by atoms with van der Waals surface area (Å²) in [5, 5.41) is 5.74. The average Bonchev–Trinajstić information content (AvgIpc) is 2.94. The molecule has 0 radical (unpaired) electrons. The number of quaternary nitrogens is 1. The molecule has 29 heavy (non-hydrogen) atoms. The molecule has 0 fully saturated rings. The van der Waals surface area contributed by atoms with Gasteiger partial charge in [0, 0.05) is 6.42 Å². The number of carbonyl (C=O) groups is 2. The summed E-state index contributed by atoms with van der Waals surface area (Å²) in [5.41, 5.74) is 1.84. The van der Waals surface area contributed by atoms with Crippen molar-refractivity contribution < 1.29 is 24.0 Å². The van der Waals surface area contributed by atoms with Crippen LogP contribution in [-0.4, -0.2) is 24.0 Å². The number of ether oxygens (including phenoxy) is 1. The molecule has 0 bridgehead atoms. The van der Waals surface area contributed by atoms with Crippen LogP contribution in [0.3, 0.4) is 0 Å². The molecule has 0 spiro atoms. The first-order valence-electron chi connectivity index (χ1n) is 9.77. The van der Waals surface area contributed by atoms with Crippen molar-refractivity contribution in [2.24, 2.45) is 0 Å². The summed E-state index contributed by atoms with van der Waals surface area (Å²) < 4.78 is 18.4. The minimum absolute atomic E-state index is 0.0752. The third-order valence-corrected chi connectivity index (χ3v) is 6.47. The Morgan fingerprint density at radius 2 is 1.86 bits per heavy atom. The predicted octanol–water partition coefficient (Wildman–Crippen LogP) is 3.38. The van der Waals surface area contributed by atoms with Gasteiger partial charge in [0.2, 0.25) is 5.91 Å². The van der Waals surface area contributed by atoms with Gasteiger partial charge in [0.1, 0.15) is 16.4 Å². The molecule has 0 aliphatic carbocycles. The zero-order valence-electron chi connectivity index (χ0n) is 17.5. The van der Waals surface area contributed by atoms with Crippen LogP contribution >= 0.6 is 11.3 Å². The molecular weight excluding hydrogens is 391 g/mol. The van der Waals surface area contributed by atoms with Crippen LogP contribution in [0.15, 0.2) is 24.3 Å². The summed E-state index contributed by atoms with van der Waals surface area (Å²) in [6.45, 7) is 10.6. The molecule has 5 nitrogen and oxygen atoms in total. The average molecular weight is 420 g/mol. The fourth-order valence-corrected chi connectivity index (χ4v) is 5.47. The van der Waals surface area contributed by atoms with Crippen LogP contribution in [0.1, 0.15) is 61.0 Å². The van der Waals surface area contributed by atoms with E-state index in [2.05, 4.69) is 38.3 Å². The third kappa shape index (κ3) is 4.67. The number of amides is 1. The lowest BCUT2D eigenvalue weighted by Gasteiger charge is -2.38. The number of carbonyl (C=O) groups excluding carboxylic acids is 2. The van der Waals surface area contributed by atoms with Crippen LogP contribution in [0.4, 0.5) is 9.39 Å². The van der Waals surface area contributed by atoms with Crippen LogP contribution < -0.4 is 10.6 Å². The summed E-state index contributed by atoms with van der Waals surface area (Å²) in [5.74, 6) is -0.997. The highest BCUT2D eigenvalue weighted by molar-refractivity contribution is 7.17. The van der Waals surface area contributed by atoms with E-state index < -0.39 is 5.97 Å². The standard InChI is InChI=1S/C22H27FN2O3S/c1-6-28-20(27)17-15-12-21(2,3)25-22(4,5)18(15)29-19(17)24-16(26)11-13-7-9-14(23)10-8-13/h7-10,25H,6,11-12H2,1-5H3,(H,24,26)/p+1. The minimum Gasteiger partial charge on any atom is -0.462 e. The van der Waals surface area contributed by atoms with Crippen LogP contribution in [0.25, 0.3) is 0 Å². The first kappa shape index (κ1) is 21.5. The first-order valence-corrected chi connectivity index (χ1v) is 10.6. The molecule has 156 valence electrons. The van der Waals surface area contributed by atoms with E-state index >= 15 is 0 Å². The largest absolute Gasteiger partial charge is 0.462 e.